The second kappa shape index (κ2) is 6.58. The van der Waals surface area contributed by atoms with Crippen molar-refractivity contribution < 1.29 is 0 Å². The molecule has 0 unspecified atom stereocenters. The Balaban J connectivity index is 1.86. The van der Waals surface area contributed by atoms with Crippen LogP contribution in [-0.2, 0) is 0 Å². The molecule has 0 radical (unpaired) electrons. The van der Waals surface area contributed by atoms with E-state index in [1.165, 1.54) is 25.6 Å². The first-order valence-electron chi connectivity index (χ1n) is 7.22. The van der Waals surface area contributed by atoms with E-state index in [1.54, 1.807) is 12.1 Å². The predicted molar refractivity (Wildman–Crippen MR) is 92.3 cm³/mol. The quantitative estimate of drug-likeness (QED) is 0.882. The van der Waals surface area contributed by atoms with Gasteiger partial charge in [-0.15, -0.1) is 0 Å². The number of aromatic nitrogens is 2. The summed E-state index contributed by atoms with van der Waals surface area (Å²) in [4.78, 5) is 10.8. The maximum absolute atomic E-state index is 6.24. The van der Waals surface area contributed by atoms with Gasteiger partial charge < -0.3 is 16.0 Å². The van der Waals surface area contributed by atoms with E-state index >= 15 is 0 Å². The van der Waals surface area contributed by atoms with Crippen LogP contribution in [-0.4, -0.2) is 23.1 Å². The van der Waals surface area contributed by atoms with Crippen molar-refractivity contribution in [2.45, 2.75) is 19.3 Å². The number of nitrogens with zero attached hydrogens (tertiary/aromatic N) is 3. The van der Waals surface area contributed by atoms with Crippen LogP contribution in [0.2, 0.25) is 10.0 Å². The largest absolute Gasteiger partial charge is 0.393 e. The zero-order chi connectivity index (χ0) is 15.5. The van der Waals surface area contributed by atoms with E-state index in [9.17, 15) is 0 Å². The van der Waals surface area contributed by atoms with Gasteiger partial charge in [0.25, 0.3) is 0 Å². The third kappa shape index (κ3) is 3.20. The maximum atomic E-state index is 6.24. The molecule has 116 valence electrons. The Morgan fingerprint density at radius 3 is 2.55 bits per heavy atom. The lowest BCUT2D eigenvalue weighted by molar-refractivity contribution is 0.574. The van der Waals surface area contributed by atoms with Gasteiger partial charge in [-0.3, -0.25) is 0 Å². The Bertz CT molecular complexity index is 671. The third-order valence-corrected chi connectivity index (χ3v) is 4.44. The molecule has 1 fully saturated rings. The van der Waals surface area contributed by atoms with Gasteiger partial charge in [0.15, 0.2) is 11.6 Å². The summed E-state index contributed by atoms with van der Waals surface area (Å²) in [5.41, 5.74) is 7.57. The Hall–Kier alpha value is -1.72. The van der Waals surface area contributed by atoms with Crippen molar-refractivity contribution in [2.75, 3.05) is 29.0 Å². The SMILES string of the molecule is Nc1c(Nc2ccc(Cl)c(Cl)c2)ncnc1N1CCCCC1. The monoisotopic (exact) mass is 337 g/mol. The molecular weight excluding hydrogens is 321 g/mol. The molecule has 0 bridgehead atoms. The van der Waals surface area contributed by atoms with Crippen LogP contribution >= 0.6 is 23.2 Å². The Kier molecular flexibility index (Phi) is 4.55. The van der Waals surface area contributed by atoms with Crippen molar-refractivity contribution in [1.82, 2.24) is 9.97 Å². The van der Waals surface area contributed by atoms with Crippen molar-refractivity contribution in [3.63, 3.8) is 0 Å². The van der Waals surface area contributed by atoms with Crippen molar-refractivity contribution in [3.05, 3.63) is 34.6 Å². The molecule has 7 heteroatoms. The van der Waals surface area contributed by atoms with E-state index in [4.69, 9.17) is 28.9 Å². The van der Waals surface area contributed by atoms with Gasteiger partial charge in [-0.2, -0.15) is 0 Å². The fraction of sp³-hybridized carbons (Fsp3) is 0.333. The minimum absolute atomic E-state index is 0.482. The molecule has 3 N–H and O–H groups in total. The van der Waals surface area contributed by atoms with Crippen LogP contribution in [0, 0.1) is 0 Å². The molecular formula is C15H17Cl2N5. The van der Waals surface area contributed by atoms with Gasteiger partial charge in [0.2, 0.25) is 0 Å². The summed E-state index contributed by atoms with van der Waals surface area (Å²) in [5.74, 6) is 1.37. The van der Waals surface area contributed by atoms with Gasteiger partial charge >= 0.3 is 0 Å². The predicted octanol–water partition coefficient (Wildman–Crippen LogP) is 4.10. The summed E-state index contributed by atoms with van der Waals surface area (Å²) in [6, 6.07) is 5.30. The molecule has 1 aliphatic rings. The molecule has 0 spiro atoms. The fourth-order valence-corrected chi connectivity index (χ4v) is 2.85. The van der Waals surface area contributed by atoms with Crippen LogP contribution in [0.25, 0.3) is 0 Å². The molecule has 0 atom stereocenters. The first-order chi connectivity index (χ1) is 10.6. The normalized spacial score (nSPS) is 14.9. The average molecular weight is 338 g/mol. The molecule has 1 aromatic carbocycles. The van der Waals surface area contributed by atoms with Crippen LogP contribution in [0.3, 0.4) is 0 Å². The van der Waals surface area contributed by atoms with E-state index in [-0.39, 0.29) is 0 Å². The van der Waals surface area contributed by atoms with Gasteiger partial charge in [0, 0.05) is 18.8 Å². The van der Waals surface area contributed by atoms with Crippen molar-refractivity contribution in [3.8, 4) is 0 Å². The standard InChI is InChI=1S/C15H17Cl2N5/c16-11-5-4-10(8-12(11)17)21-14-13(18)15(20-9-19-14)22-6-2-1-3-7-22/h4-5,8-9H,1-3,6-7,18H2,(H,19,20,21). The zero-order valence-electron chi connectivity index (χ0n) is 12.0. The van der Waals surface area contributed by atoms with E-state index in [0.717, 1.165) is 24.6 Å². The number of anilines is 4. The highest BCUT2D eigenvalue weighted by Gasteiger charge is 2.17. The second-order valence-electron chi connectivity index (χ2n) is 5.26. The highest BCUT2D eigenvalue weighted by Crippen LogP contribution is 2.32. The molecule has 1 aliphatic heterocycles. The summed E-state index contributed by atoms with van der Waals surface area (Å²) in [7, 11) is 0. The Morgan fingerprint density at radius 1 is 1.05 bits per heavy atom. The van der Waals surface area contributed by atoms with E-state index in [0.29, 0.717) is 21.6 Å². The van der Waals surface area contributed by atoms with E-state index in [2.05, 4.69) is 20.2 Å². The molecule has 1 saturated heterocycles. The van der Waals surface area contributed by atoms with Gasteiger partial charge in [0.1, 0.15) is 12.0 Å². The third-order valence-electron chi connectivity index (χ3n) is 3.70. The maximum Gasteiger partial charge on any atom is 0.159 e. The van der Waals surface area contributed by atoms with Crippen molar-refractivity contribution in [2.24, 2.45) is 0 Å². The highest BCUT2D eigenvalue weighted by atomic mass is 35.5. The molecule has 0 amide bonds. The average Bonchev–Trinajstić information content (AvgIpc) is 2.54. The Labute approximate surface area is 139 Å². The topological polar surface area (TPSA) is 67.1 Å². The van der Waals surface area contributed by atoms with E-state index in [1.807, 2.05) is 6.07 Å². The van der Waals surface area contributed by atoms with Crippen LogP contribution in [0.4, 0.5) is 23.0 Å². The van der Waals surface area contributed by atoms with Crippen LogP contribution in [0.15, 0.2) is 24.5 Å². The van der Waals surface area contributed by atoms with Gasteiger partial charge in [-0.1, -0.05) is 23.2 Å². The van der Waals surface area contributed by atoms with Gasteiger partial charge in [-0.25, -0.2) is 9.97 Å². The number of nitrogen functional groups attached to an aromatic ring is 1. The lowest BCUT2D eigenvalue weighted by Crippen LogP contribution is -2.31. The number of benzene rings is 1. The molecule has 22 heavy (non-hydrogen) atoms. The highest BCUT2D eigenvalue weighted by molar-refractivity contribution is 6.42. The molecule has 0 saturated carbocycles. The molecule has 3 rings (SSSR count). The Morgan fingerprint density at radius 2 is 1.82 bits per heavy atom. The van der Waals surface area contributed by atoms with Crippen LogP contribution in [0.1, 0.15) is 19.3 Å². The first kappa shape index (κ1) is 15.2. The number of halogens is 2. The number of rotatable bonds is 3. The van der Waals surface area contributed by atoms with Crippen LogP contribution < -0.4 is 16.0 Å². The minimum atomic E-state index is 0.482. The minimum Gasteiger partial charge on any atom is -0.393 e. The second-order valence-corrected chi connectivity index (χ2v) is 6.08. The summed E-state index contributed by atoms with van der Waals surface area (Å²) in [6.07, 6.45) is 5.12. The molecule has 2 aromatic rings. The van der Waals surface area contributed by atoms with Gasteiger partial charge in [0.05, 0.1) is 10.0 Å². The smallest absolute Gasteiger partial charge is 0.159 e. The summed E-state index contributed by atoms with van der Waals surface area (Å²) in [5, 5.41) is 4.17. The summed E-state index contributed by atoms with van der Waals surface area (Å²) < 4.78 is 0. The number of hydrogen-bond donors (Lipinski definition) is 2. The number of piperidine rings is 1. The number of hydrogen-bond acceptors (Lipinski definition) is 5. The number of nitrogens with two attached hydrogens (primary N) is 1. The van der Waals surface area contributed by atoms with E-state index < -0.39 is 0 Å². The van der Waals surface area contributed by atoms with Crippen molar-refractivity contribution in [1.29, 1.82) is 0 Å². The molecule has 5 nitrogen and oxygen atoms in total. The summed E-state index contributed by atoms with van der Waals surface area (Å²) >= 11 is 12.0. The lowest BCUT2D eigenvalue weighted by atomic mass is 10.1. The van der Waals surface area contributed by atoms with Crippen molar-refractivity contribution >= 4 is 46.2 Å². The zero-order valence-corrected chi connectivity index (χ0v) is 13.5. The first-order valence-corrected chi connectivity index (χ1v) is 7.98. The fourth-order valence-electron chi connectivity index (χ4n) is 2.55. The summed E-state index contributed by atoms with van der Waals surface area (Å²) in [6.45, 7) is 1.96. The van der Waals surface area contributed by atoms with Crippen LogP contribution in [0.5, 0.6) is 0 Å². The molecule has 1 aromatic heterocycles. The number of nitrogens with one attached hydrogen (secondary N) is 1. The molecule has 2 heterocycles. The lowest BCUT2D eigenvalue weighted by Gasteiger charge is -2.28. The molecule has 0 aliphatic carbocycles. The van der Waals surface area contributed by atoms with Gasteiger partial charge in [-0.05, 0) is 37.5 Å².